The number of Topliss-reactive ketones (excluding diaryl/α,β-unsaturated/α-hetero) is 1. The number of halogens is 5. The molecule has 39 heavy (non-hydrogen) atoms. The SMILES string of the molecule is CC(=O)C[C@H](CCN1CCCC(F)(F)C1)NC(=O)c1cn(-c2ccccc2C(F)(F)F)c(C2CC[C@H](O)C2)n1. The average Bonchev–Trinajstić information content (AvgIpc) is 3.47. The van der Waals surface area contributed by atoms with E-state index in [2.05, 4.69) is 10.3 Å². The van der Waals surface area contributed by atoms with Crippen molar-refractivity contribution in [2.24, 2.45) is 0 Å². The van der Waals surface area contributed by atoms with Gasteiger partial charge in [-0.25, -0.2) is 13.8 Å². The van der Waals surface area contributed by atoms with Crippen molar-refractivity contribution in [2.75, 3.05) is 19.6 Å². The monoisotopic (exact) mass is 556 g/mol. The fourth-order valence-corrected chi connectivity index (χ4v) is 5.51. The van der Waals surface area contributed by atoms with Gasteiger partial charge in [-0.15, -0.1) is 0 Å². The normalized spacial score (nSPS) is 22.5. The topological polar surface area (TPSA) is 87.5 Å². The Morgan fingerprint density at radius 3 is 2.62 bits per heavy atom. The lowest BCUT2D eigenvalue weighted by Crippen LogP contribution is -2.45. The van der Waals surface area contributed by atoms with Crippen LogP contribution in [-0.4, -0.2) is 69.0 Å². The molecule has 1 aromatic carbocycles. The fraction of sp³-hybridized carbons (Fsp3) is 0.593. The van der Waals surface area contributed by atoms with Crippen molar-refractivity contribution >= 4 is 11.7 Å². The summed E-state index contributed by atoms with van der Waals surface area (Å²) in [5.74, 6) is -3.76. The lowest BCUT2D eigenvalue weighted by Gasteiger charge is -2.33. The first kappa shape index (κ1) is 29.1. The van der Waals surface area contributed by atoms with Crippen LogP contribution in [0.2, 0.25) is 0 Å². The van der Waals surface area contributed by atoms with Gasteiger partial charge in [0.05, 0.1) is 23.9 Å². The largest absolute Gasteiger partial charge is 0.418 e. The van der Waals surface area contributed by atoms with Crippen molar-refractivity contribution in [2.45, 2.75) is 82.0 Å². The van der Waals surface area contributed by atoms with Crippen molar-refractivity contribution in [1.29, 1.82) is 0 Å². The van der Waals surface area contributed by atoms with Gasteiger partial charge >= 0.3 is 6.18 Å². The lowest BCUT2D eigenvalue weighted by atomic mass is 10.0. The number of aromatic nitrogens is 2. The van der Waals surface area contributed by atoms with Gasteiger partial charge in [0.15, 0.2) is 0 Å². The second kappa shape index (κ2) is 11.7. The summed E-state index contributed by atoms with van der Waals surface area (Å²) < 4.78 is 70.3. The first-order chi connectivity index (χ1) is 18.3. The van der Waals surface area contributed by atoms with Gasteiger partial charge in [-0.05, 0) is 57.7 Å². The first-order valence-electron chi connectivity index (χ1n) is 13.2. The van der Waals surface area contributed by atoms with Gasteiger partial charge in [0.25, 0.3) is 11.8 Å². The molecule has 0 radical (unpaired) electrons. The van der Waals surface area contributed by atoms with E-state index in [4.69, 9.17) is 0 Å². The van der Waals surface area contributed by atoms with E-state index < -0.39 is 35.7 Å². The zero-order valence-corrected chi connectivity index (χ0v) is 21.7. The third-order valence-electron chi connectivity index (χ3n) is 7.34. The number of likely N-dealkylation sites (tertiary alicyclic amines) is 1. The fourth-order valence-electron chi connectivity index (χ4n) is 5.51. The molecule has 1 unspecified atom stereocenters. The number of para-hydroxylation sites is 1. The summed E-state index contributed by atoms with van der Waals surface area (Å²) in [6.07, 6.45) is -2.32. The van der Waals surface area contributed by atoms with Crippen LogP contribution in [0.1, 0.15) is 79.7 Å². The quantitative estimate of drug-likeness (QED) is 0.437. The second-order valence-corrected chi connectivity index (χ2v) is 10.6. The summed E-state index contributed by atoms with van der Waals surface area (Å²) in [6.45, 7) is 1.73. The molecule has 1 saturated carbocycles. The van der Waals surface area contributed by atoms with E-state index in [1.165, 1.54) is 35.9 Å². The highest BCUT2D eigenvalue weighted by molar-refractivity contribution is 5.93. The molecule has 0 spiro atoms. The minimum absolute atomic E-state index is 0.0186. The maximum absolute atomic E-state index is 13.8. The molecule has 2 heterocycles. The lowest BCUT2D eigenvalue weighted by molar-refractivity contribution is -0.137. The number of carbonyl (C=O) groups is 2. The second-order valence-electron chi connectivity index (χ2n) is 10.6. The molecule has 1 aliphatic carbocycles. The summed E-state index contributed by atoms with van der Waals surface area (Å²) in [6, 6.07) is 4.34. The average molecular weight is 557 g/mol. The van der Waals surface area contributed by atoms with Crippen molar-refractivity contribution in [3.8, 4) is 5.69 Å². The number of alkyl halides is 5. The van der Waals surface area contributed by atoms with E-state index in [1.54, 1.807) is 4.90 Å². The van der Waals surface area contributed by atoms with Crippen LogP contribution in [0.4, 0.5) is 22.0 Å². The Balaban J connectivity index is 1.58. The molecule has 7 nitrogen and oxygen atoms in total. The molecular weight excluding hydrogens is 523 g/mol. The van der Waals surface area contributed by atoms with Crippen LogP contribution in [0, 0.1) is 0 Å². The van der Waals surface area contributed by atoms with Crippen LogP contribution >= 0.6 is 0 Å². The summed E-state index contributed by atoms with van der Waals surface area (Å²) in [5.41, 5.74) is -1.19. The van der Waals surface area contributed by atoms with Crippen LogP contribution < -0.4 is 5.32 Å². The van der Waals surface area contributed by atoms with Gasteiger partial charge in [-0.1, -0.05) is 12.1 Å². The Labute approximate surface area is 223 Å². The van der Waals surface area contributed by atoms with E-state index in [0.717, 1.165) is 6.07 Å². The third kappa shape index (κ3) is 7.42. The van der Waals surface area contributed by atoms with Crippen LogP contribution in [0.15, 0.2) is 30.5 Å². The third-order valence-corrected chi connectivity index (χ3v) is 7.34. The number of carbonyl (C=O) groups excluding carboxylic acids is 2. The predicted octanol–water partition coefficient (Wildman–Crippen LogP) is 4.72. The number of nitrogens with one attached hydrogen (secondary N) is 1. The van der Waals surface area contributed by atoms with Crippen molar-refractivity contribution in [3.05, 3.63) is 47.5 Å². The molecule has 2 aliphatic rings. The van der Waals surface area contributed by atoms with E-state index in [1.807, 2.05) is 0 Å². The van der Waals surface area contributed by atoms with E-state index in [-0.39, 0.29) is 61.3 Å². The number of amides is 1. The maximum atomic E-state index is 13.8. The molecule has 214 valence electrons. The molecule has 3 atom stereocenters. The van der Waals surface area contributed by atoms with Crippen LogP contribution in [0.3, 0.4) is 0 Å². The first-order valence-corrected chi connectivity index (χ1v) is 13.2. The van der Waals surface area contributed by atoms with Crippen LogP contribution in [0.25, 0.3) is 5.69 Å². The molecule has 2 aromatic rings. The Kier molecular flexibility index (Phi) is 8.75. The molecular formula is C27H33F5N4O3. The number of rotatable bonds is 9. The number of nitrogens with zero attached hydrogens (tertiary/aromatic N) is 3. The molecule has 1 aromatic heterocycles. The Bertz CT molecular complexity index is 1180. The Hall–Kier alpha value is -2.86. The van der Waals surface area contributed by atoms with E-state index >= 15 is 0 Å². The standard InChI is InChI=1S/C27H33F5N4O3/c1-17(37)13-19(9-12-35-11-4-10-26(28,29)16-35)33-25(39)22-15-36(24(34-22)18-7-8-20(38)14-18)23-6-3-2-5-21(23)27(30,31)32/h2-3,5-6,15,18-20,38H,4,7-14,16H2,1H3,(H,33,39)/t18?,19-,20-/m0/s1. The maximum Gasteiger partial charge on any atom is 0.418 e. The van der Waals surface area contributed by atoms with Crippen molar-refractivity contribution in [3.63, 3.8) is 0 Å². The van der Waals surface area contributed by atoms with Crippen molar-refractivity contribution < 1.29 is 36.6 Å². The number of aliphatic hydroxyl groups excluding tert-OH is 1. The highest BCUT2D eigenvalue weighted by Gasteiger charge is 2.37. The smallest absolute Gasteiger partial charge is 0.393 e. The van der Waals surface area contributed by atoms with Gasteiger partial charge in [0.2, 0.25) is 0 Å². The molecule has 1 amide bonds. The molecule has 1 aliphatic heterocycles. The summed E-state index contributed by atoms with van der Waals surface area (Å²) in [7, 11) is 0. The highest BCUT2D eigenvalue weighted by Crippen LogP contribution is 2.38. The summed E-state index contributed by atoms with van der Waals surface area (Å²) in [5, 5.41) is 12.8. The predicted molar refractivity (Wildman–Crippen MR) is 133 cm³/mol. The number of ketones is 1. The molecule has 12 heteroatoms. The zero-order chi connectivity index (χ0) is 28.4. The van der Waals surface area contributed by atoms with Gasteiger partial charge in [0.1, 0.15) is 17.3 Å². The molecule has 0 bridgehead atoms. The molecule has 4 rings (SSSR count). The van der Waals surface area contributed by atoms with Crippen LogP contribution in [0.5, 0.6) is 0 Å². The van der Waals surface area contributed by atoms with Crippen molar-refractivity contribution in [1.82, 2.24) is 19.8 Å². The molecule has 1 saturated heterocycles. The number of hydrogen-bond acceptors (Lipinski definition) is 5. The minimum atomic E-state index is -4.65. The minimum Gasteiger partial charge on any atom is -0.393 e. The molecule has 2 N–H and O–H groups in total. The van der Waals surface area contributed by atoms with Gasteiger partial charge in [0, 0.05) is 37.5 Å². The number of benzene rings is 1. The van der Waals surface area contributed by atoms with Crippen LogP contribution in [-0.2, 0) is 11.0 Å². The Morgan fingerprint density at radius 1 is 1.23 bits per heavy atom. The number of hydrogen-bond donors (Lipinski definition) is 2. The Morgan fingerprint density at radius 2 is 1.97 bits per heavy atom. The summed E-state index contributed by atoms with van der Waals surface area (Å²) >= 11 is 0. The highest BCUT2D eigenvalue weighted by atomic mass is 19.4. The number of aliphatic hydroxyl groups is 1. The van der Waals surface area contributed by atoms with E-state index in [0.29, 0.717) is 32.2 Å². The van der Waals surface area contributed by atoms with Gasteiger partial charge in [-0.3, -0.25) is 14.5 Å². The molecule has 2 fully saturated rings. The number of piperidine rings is 1. The van der Waals surface area contributed by atoms with E-state index in [9.17, 15) is 36.6 Å². The summed E-state index contributed by atoms with van der Waals surface area (Å²) in [4.78, 5) is 31.1. The van der Waals surface area contributed by atoms with Gasteiger partial charge < -0.3 is 15.0 Å². The number of imidazole rings is 1. The van der Waals surface area contributed by atoms with Gasteiger partial charge in [-0.2, -0.15) is 13.2 Å². The zero-order valence-electron chi connectivity index (χ0n) is 21.7.